The minimum absolute atomic E-state index is 0.00797. The van der Waals surface area contributed by atoms with Crippen molar-refractivity contribution in [2.24, 2.45) is 0 Å². The molecule has 84 valence electrons. The second-order valence-corrected chi connectivity index (χ2v) is 4.07. The highest BCUT2D eigenvalue weighted by atomic mass is 35.5. The molecule has 0 unspecified atom stereocenters. The predicted octanol–water partition coefficient (Wildman–Crippen LogP) is 2.21. The first kappa shape index (κ1) is 12.4. The molecular formula is C11H15ClFNO. The van der Waals surface area contributed by atoms with Crippen molar-refractivity contribution in [1.82, 2.24) is 4.90 Å². The summed E-state index contributed by atoms with van der Waals surface area (Å²) in [6.07, 6.45) is 0.632. The Morgan fingerprint density at radius 1 is 1.47 bits per heavy atom. The summed E-state index contributed by atoms with van der Waals surface area (Å²) in [5.41, 5.74) is 1.33. The smallest absolute Gasteiger partial charge is 0.126 e. The third-order valence-corrected chi connectivity index (χ3v) is 2.68. The summed E-state index contributed by atoms with van der Waals surface area (Å²) in [5, 5.41) is 9.38. The maximum Gasteiger partial charge on any atom is 0.126 e. The number of hydrogen-bond acceptors (Lipinski definition) is 2. The van der Waals surface area contributed by atoms with E-state index < -0.39 is 0 Å². The van der Waals surface area contributed by atoms with E-state index >= 15 is 0 Å². The Balaban J connectivity index is 2.73. The van der Waals surface area contributed by atoms with Gasteiger partial charge in [0, 0.05) is 11.6 Å². The molecule has 1 aromatic carbocycles. The summed E-state index contributed by atoms with van der Waals surface area (Å²) >= 11 is 5.98. The van der Waals surface area contributed by atoms with Crippen LogP contribution >= 0.6 is 11.6 Å². The Labute approximate surface area is 94.3 Å². The first-order chi connectivity index (χ1) is 7.04. The van der Waals surface area contributed by atoms with Crippen LogP contribution in [0.4, 0.5) is 4.39 Å². The average Bonchev–Trinajstić information content (AvgIpc) is 2.21. The van der Waals surface area contributed by atoms with E-state index in [1.165, 1.54) is 6.07 Å². The van der Waals surface area contributed by atoms with Gasteiger partial charge in [0.05, 0.1) is 6.73 Å². The van der Waals surface area contributed by atoms with Gasteiger partial charge < -0.3 is 5.11 Å². The van der Waals surface area contributed by atoms with Crippen molar-refractivity contribution < 1.29 is 9.50 Å². The Morgan fingerprint density at radius 3 is 2.73 bits per heavy atom. The fourth-order valence-electron chi connectivity index (χ4n) is 1.26. The van der Waals surface area contributed by atoms with E-state index in [1.807, 2.05) is 0 Å². The van der Waals surface area contributed by atoms with Gasteiger partial charge in [0.2, 0.25) is 0 Å². The van der Waals surface area contributed by atoms with E-state index in [4.69, 9.17) is 16.7 Å². The molecule has 0 aliphatic carbocycles. The van der Waals surface area contributed by atoms with Crippen LogP contribution in [0.5, 0.6) is 0 Å². The van der Waals surface area contributed by atoms with E-state index in [0.29, 0.717) is 23.6 Å². The first-order valence-corrected chi connectivity index (χ1v) is 5.16. The number of nitrogens with zero attached hydrogens (tertiary/aromatic N) is 1. The monoisotopic (exact) mass is 231 g/mol. The van der Waals surface area contributed by atoms with Crippen LogP contribution in [0, 0.1) is 12.7 Å². The molecule has 1 aromatic rings. The number of hydrogen-bond donors (Lipinski definition) is 1. The van der Waals surface area contributed by atoms with Gasteiger partial charge in [-0.25, -0.2) is 4.39 Å². The maximum absolute atomic E-state index is 13.2. The van der Waals surface area contributed by atoms with Gasteiger partial charge in [-0.05, 0) is 43.7 Å². The normalized spacial score (nSPS) is 11.1. The van der Waals surface area contributed by atoms with Crippen LogP contribution in [0.25, 0.3) is 0 Å². The molecule has 1 rings (SSSR count). The quantitative estimate of drug-likeness (QED) is 0.804. The van der Waals surface area contributed by atoms with Gasteiger partial charge in [0.25, 0.3) is 0 Å². The van der Waals surface area contributed by atoms with Crippen LogP contribution in [0.1, 0.15) is 11.1 Å². The molecule has 0 amide bonds. The first-order valence-electron chi connectivity index (χ1n) is 4.78. The lowest BCUT2D eigenvalue weighted by molar-refractivity contribution is 0.134. The van der Waals surface area contributed by atoms with E-state index in [0.717, 1.165) is 5.56 Å². The zero-order chi connectivity index (χ0) is 11.4. The van der Waals surface area contributed by atoms with Crippen LogP contribution in [0.15, 0.2) is 12.1 Å². The molecule has 15 heavy (non-hydrogen) atoms. The molecule has 0 atom stereocenters. The van der Waals surface area contributed by atoms with Crippen molar-refractivity contribution >= 4 is 11.6 Å². The summed E-state index contributed by atoms with van der Waals surface area (Å²) in [6.45, 7) is 2.33. The lowest BCUT2D eigenvalue weighted by atomic mass is 10.1. The predicted molar refractivity (Wildman–Crippen MR) is 59.6 cm³/mol. The third kappa shape index (κ3) is 3.45. The summed E-state index contributed by atoms with van der Waals surface area (Å²) in [6, 6.07) is 3.09. The topological polar surface area (TPSA) is 23.5 Å². The van der Waals surface area contributed by atoms with Crippen LogP contribution in [0.3, 0.4) is 0 Å². The second kappa shape index (κ2) is 5.45. The largest absolute Gasteiger partial charge is 0.381 e. The molecule has 0 aromatic heterocycles. The van der Waals surface area contributed by atoms with E-state index in [9.17, 15) is 4.39 Å². The number of benzene rings is 1. The van der Waals surface area contributed by atoms with E-state index in [-0.39, 0.29) is 12.5 Å². The molecule has 2 nitrogen and oxygen atoms in total. The van der Waals surface area contributed by atoms with Crippen molar-refractivity contribution in [2.75, 3.05) is 20.3 Å². The van der Waals surface area contributed by atoms with Crippen LogP contribution in [-0.2, 0) is 6.42 Å². The lowest BCUT2D eigenvalue weighted by Gasteiger charge is -2.13. The van der Waals surface area contributed by atoms with Crippen LogP contribution in [0.2, 0.25) is 5.02 Å². The molecule has 0 aliphatic heterocycles. The van der Waals surface area contributed by atoms with Crippen molar-refractivity contribution in [3.05, 3.63) is 34.1 Å². The zero-order valence-electron chi connectivity index (χ0n) is 8.93. The molecule has 0 saturated carbocycles. The van der Waals surface area contributed by atoms with Gasteiger partial charge >= 0.3 is 0 Å². The molecule has 4 heteroatoms. The number of aryl methyl sites for hydroxylation is 1. The average molecular weight is 232 g/mol. The molecule has 0 spiro atoms. The van der Waals surface area contributed by atoms with Gasteiger partial charge in [-0.1, -0.05) is 11.6 Å². The highest BCUT2D eigenvalue weighted by Crippen LogP contribution is 2.20. The molecule has 1 N–H and O–H groups in total. The van der Waals surface area contributed by atoms with Gasteiger partial charge in [0.15, 0.2) is 0 Å². The molecule has 0 saturated heterocycles. The maximum atomic E-state index is 13.2. The van der Waals surface area contributed by atoms with Gasteiger partial charge in [-0.15, -0.1) is 0 Å². The minimum atomic E-state index is -0.235. The van der Waals surface area contributed by atoms with Gasteiger partial charge in [-0.2, -0.15) is 0 Å². The van der Waals surface area contributed by atoms with Crippen molar-refractivity contribution in [2.45, 2.75) is 13.3 Å². The fraction of sp³-hybridized carbons (Fsp3) is 0.455. The summed E-state index contributed by atoms with van der Waals surface area (Å²) in [5.74, 6) is -0.235. The summed E-state index contributed by atoms with van der Waals surface area (Å²) < 4.78 is 13.2. The number of halogens is 2. The van der Waals surface area contributed by atoms with Crippen molar-refractivity contribution in [1.29, 1.82) is 0 Å². The molecule has 0 bridgehead atoms. The van der Waals surface area contributed by atoms with Crippen LogP contribution in [-0.4, -0.2) is 30.3 Å². The molecule has 0 heterocycles. The van der Waals surface area contributed by atoms with Gasteiger partial charge in [0.1, 0.15) is 5.82 Å². The van der Waals surface area contributed by atoms with Crippen molar-refractivity contribution in [3.8, 4) is 0 Å². The standard InChI is InChI=1S/C11H15ClFNO/c1-8-5-10(12)9(6-11(8)13)3-4-14(2)7-15/h5-6,15H,3-4,7H2,1-2H3. The zero-order valence-corrected chi connectivity index (χ0v) is 9.68. The number of aliphatic hydroxyl groups is 1. The number of aliphatic hydroxyl groups excluding tert-OH is 1. The van der Waals surface area contributed by atoms with Gasteiger partial charge in [-0.3, -0.25) is 4.90 Å². The minimum Gasteiger partial charge on any atom is -0.381 e. The molecule has 0 fully saturated rings. The lowest BCUT2D eigenvalue weighted by Crippen LogP contribution is -2.22. The number of likely N-dealkylation sites (N-methyl/N-ethyl adjacent to an activating group) is 1. The van der Waals surface area contributed by atoms with E-state index in [1.54, 1.807) is 24.9 Å². The Hall–Kier alpha value is -0.640. The van der Waals surface area contributed by atoms with Crippen LogP contribution < -0.4 is 0 Å². The third-order valence-electron chi connectivity index (χ3n) is 2.33. The Morgan fingerprint density at radius 2 is 2.13 bits per heavy atom. The van der Waals surface area contributed by atoms with E-state index in [2.05, 4.69) is 0 Å². The molecule has 0 radical (unpaired) electrons. The highest BCUT2D eigenvalue weighted by Gasteiger charge is 2.06. The Bertz CT molecular complexity index is 344. The highest BCUT2D eigenvalue weighted by molar-refractivity contribution is 6.31. The summed E-state index contributed by atoms with van der Waals surface area (Å²) in [7, 11) is 1.79. The Kier molecular flexibility index (Phi) is 4.51. The molecule has 0 aliphatic rings. The summed E-state index contributed by atoms with van der Waals surface area (Å²) in [4.78, 5) is 1.73. The molecular weight excluding hydrogens is 217 g/mol. The SMILES string of the molecule is Cc1cc(Cl)c(CCN(C)CO)cc1F. The number of rotatable bonds is 4. The van der Waals surface area contributed by atoms with Crippen molar-refractivity contribution in [3.63, 3.8) is 0 Å². The second-order valence-electron chi connectivity index (χ2n) is 3.66. The fourth-order valence-corrected chi connectivity index (χ4v) is 1.57.